The number of hydrogen-bond donors (Lipinski definition) is 15. The molecule has 0 bridgehead atoms. The van der Waals surface area contributed by atoms with Crippen molar-refractivity contribution in [2.45, 2.75) is 164 Å². The van der Waals surface area contributed by atoms with Gasteiger partial charge in [0.05, 0.1) is 37.4 Å². The first-order chi connectivity index (χ1) is 44.3. The van der Waals surface area contributed by atoms with Crippen LogP contribution in [-0.2, 0) is 42.9 Å². The molecule has 4 aliphatic rings. The molecule has 3 aromatic carbocycles. The summed E-state index contributed by atoms with van der Waals surface area (Å²) in [6.45, 7) is 6.65. The van der Waals surface area contributed by atoms with Crippen molar-refractivity contribution in [1.82, 2.24) is 36.4 Å². The molecule has 32 nitrogen and oxygen atoms in total. The van der Waals surface area contributed by atoms with Gasteiger partial charge in [-0.25, -0.2) is 0 Å². The molecule has 3 aromatic rings. The van der Waals surface area contributed by atoms with Crippen LogP contribution in [0.2, 0.25) is 0 Å². The number of rotatable bonds is 23. The molecule has 16 N–H and O–H groups in total. The maximum Gasteiger partial charge on any atom is 1.00 e. The molecule has 34 heteroatoms. The zero-order chi connectivity index (χ0) is 67.8. The summed E-state index contributed by atoms with van der Waals surface area (Å²) >= 11 is -0.0933. The van der Waals surface area contributed by atoms with E-state index in [1.165, 1.54) is 44.7 Å². The second kappa shape index (κ2) is 35.9. The first-order valence-corrected chi connectivity index (χ1v) is 31.3. The van der Waals surface area contributed by atoms with Gasteiger partial charge in [-0.3, -0.25) is 43.4 Å². The van der Waals surface area contributed by atoms with Crippen molar-refractivity contribution in [2.75, 3.05) is 55.7 Å². The minimum Gasteiger partial charge on any atom is -0.691 e. The number of amides is 8. The van der Waals surface area contributed by atoms with Crippen molar-refractivity contribution in [2.24, 2.45) is 11.7 Å². The van der Waals surface area contributed by atoms with E-state index in [1.807, 2.05) is 24.3 Å². The second-order valence-corrected chi connectivity index (χ2v) is 24.0. The van der Waals surface area contributed by atoms with E-state index in [4.69, 9.17) is 14.7 Å². The standard InChI is InChI=1S/C60H84N10O22S.Na/c1-4-5-6-7-8-9-24-89-38-17-15-36(16-18-38)68-22-20-67(21-23-68)35-13-10-33(11-14-35)53(80)62-39-27-43(75)56(83)66-58(85)49-50(77)31(2)29-70(49)60(87)47(42(74)28-45(61)76)64-57(84)48(52(79)51(78)34-12-19-41(73)44(25-34)90-93-92-91-88)65-55(82)40-26-37(72)30-69(40)59(86)46(32(3)71)63-54(39)81;/h10-19,25,31-32,37,39-40,42-43,46-52,56,71-75,77-79,83,88H,4-9,20-24,26-30H2,1-3H3,(H2,61,76)(H,62,80)(H,63,81)(H,64,84)(H,65,82)(H,66,85);/q;+1/p-1. The number of nitrogens with zero attached hydrogens (tertiary/aromatic N) is 4. The van der Waals surface area contributed by atoms with Gasteiger partial charge < -0.3 is 112 Å². The van der Waals surface area contributed by atoms with Gasteiger partial charge in [0.2, 0.25) is 41.4 Å². The summed E-state index contributed by atoms with van der Waals surface area (Å²) in [5, 5.41) is 127. The predicted molar refractivity (Wildman–Crippen MR) is 326 cm³/mol. The van der Waals surface area contributed by atoms with E-state index in [1.54, 1.807) is 12.1 Å². The normalized spacial score (nSPS) is 26.4. The number of piperazine rings is 1. The number of phenols is 1. The summed E-state index contributed by atoms with van der Waals surface area (Å²) in [6.07, 6.45) is -12.6. The third kappa shape index (κ3) is 20.0. The Morgan fingerprint density at radius 3 is 1.95 bits per heavy atom. The Kier molecular flexibility index (Phi) is 29.2. The number of fused-ring (bicyclic) bond motifs is 2. The molecule has 0 aromatic heterocycles. The molecule has 4 heterocycles. The molecule has 15 unspecified atom stereocenters. The molecule has 4 saturated heterocycles. The molecule has 4 fully saturated rings. The molecule has 0 aliphatic carbocycles. The summed E-state index contributed by atoms with van der Waals surface area (Å²) in [6, 6.07) is 4.34. The minimum absolute atomic E-state index is 0. The predicted octanol–water partition coefficient (Wildman–Crippen LogP) is -6.74. The number of primary amides is 1. The van der Waals surface area contributed by atoms with Gasteiger partial charge in [0.1, 0.15) is 60.3 Å². The minimum atomic E-state index is -2.56. The fourth-order valence-electron chi connectivity index (χ4n) is 11.6. The van der Waals surface area contributed by atoms with Crippen molar-refractivity contribution in [1.29, 1.82) is 0 Å². The Hall–Kier alpha value is -6.67. The number of aliphatic hydroxyl groups is 8. The van der Waals surface area contributed by atoms with Gasteiger partial charge in [0.25, 0.3) is 18.2 Å². The Labute approximate surface area is 567 Å². The molecular formula is C60H83N10NaO22S. The average molecular weight is 1350 g/mol. The van der Waals surface area contributed by atoms with Gasteiger partial charge in [0.15, 0.2) is 17.7 Å². The van der Waals surface area contributed by atoms with Crippen molar-refractivity contribution in [3.8, 4) is 17.2 Å². The first kappa shape index (κ1) is 76.3. The van der Waals surface area contributed by atoms with Gasteiger partial charge in [-0.15, -0.1) is 4.33 Å². The summed E-state index contributed by atoms with van der Waals surface area (Å²) < 4.78 is 15.0. The number of nitrogens with two attached hydrogens (primary N) is 1. The Bertz CT molecular complexity index is 3050. The topological polar surface area (TPSA) is 478 Å². The fourth-order valence-corrected chi connectivity index (χ4v) is 11.8. The molecule has 0 saturated carbocycles. The van der Waals surface area contributed by atoms with E-state index < -0.39 is 182 Å². The van der Waals surface area contributed by atoms with Gasteiger partial charge in [-0.1, -0.05) is 52.0 Å². The van der Waals surface area contributed by atoms with Crippen molar-refractivity contribution >= 4 is 71.0 Å². The zero-order valence-corrected chi connectivity index (χ0v) is 55.2. The first-order valence-electron chi connectivity index (χ1n) is 30.6. The second-order valence-electron chi connectivity index (χ2n) is 23.6. The van der Waals surface area contributed by atoms with E-state index >= 15 is 0 Å². The molecule has 0 spiro atoms. The maximum absolute atomic E-state index is 14.7. The summed E-state index contributed by atoms with van der Waals surface area (Å²) in [4.78, 5) is 120. The monoisotopic (exact) mass is 1350 g/mol. The van der Waals surface area contributed by atoms with Crippen LogP contribution in [0.25, 0.3) is 0 Å². The summed E-state index contributed by atoms with van der Waals surface area (Å²) in [7, 11) is 0. The van der Waals surface area contributed by atoms with Crippen molar-refractivity contribution < 1.29 is 137 Å². The van der Waals surface area contributed by atoms with E-state index in [-0.39, 0.29) is 53.0 Å². The third-order valence-corrected chi connectivity index (χ3v) is 17.2. The van der Waals surface area contributed by atoms with Crippen LogP contribution in [0.3, 0.4) is 0 Å². The van der Waals surface area contributed by atoms with Crippen LogP contribution in [0.1, 0.15) is 101 Å². The molecule has 4 aliphatic heterocycles. The van der Waals surface area contributed by atoms with Crippen LogP contribution < -0.4 is 85.9 Å². The largest absolute Gasteiger partial charge is 1.00 e. The molecule has 512 valence electrons. The van der Waals surface area contributed by atoms with Gasteiger partial charge in [-0.05, 0) is 79.6 Å². The molecule has 0 radical (unpaired) electrons. The molecule has 94 heavy (non-hydrogen) atoms. The Morgan fingerprint density at radius 2 is 1.33 bits per heavy atom. The summed E-state index contributed by atoms with van der Waals surface area (Å²) in [5.41, 5.74) is 6.79. The smallest absolute Gasteiger partial charge is 0.691 e. The zero-order valence-electron chi connectivity index (χ0n) is 52.4. The van der Waals surface area contributed by atoms with Crippen LogP contribution in [0.4, 0.5) is 11.4 Å². The van der Waals surface area contributed by atoms with Crippen LogP contribution in [0, 0.1) is 5.92 Å². The van der Waals surface area contributed by atoms with Gasteiger partial charge >= 0.3 is 29.6 Å². The average Bonchev–Trinajstić information content (AvgIpc) is 1.59. The fraction of sp³-hybridized carbons (Fsp3) is 0.567. The number of nitrogens with one attached hydrogen (secondary N) is 5. The van der Waals surface area contributed by atoms with Gasteiger partial charge in [-0.2, -0.15) is 0 Å². The third-order valence-electron chi connectivity index (χ3n) is 16.8. The number of aliphatic hydroxyl groups excluding tert-OH is 8. The number of carbonyl (C=O) groups excluding carboxylic acids is 8. The maximum atomic E-state index is 14.7. The van der Waals surface area contributed by atoms with E-state index in [9.17, 15) is 89.6 Å². The quantitative estimate of drug-likeness (QED) is 0.0138. The van der Waals surface area contributed by atoms with Crippen LogP contribution in [-0.4, -0.2) is 228 Å². The van der Waals surface area contributed by atoms with Crippen molar-refractivity contribution in [3.05, 3.63) is 77.9 Å². The van der Waals surface area contributed by atoms with E-state index in [0.29, 0.717) is 42.6 Å². The number of benzene rings is 3. The Balaban J connectivity index is 0.0000140. The molecule has 7 rings (SSSR count). The number of phenolic OH excluding ortho intramolecular Hbond substituents is 1. The van der Waals surface area contributed by atoms with Crippen LogP contribution in [0.5, 0.6) is 17.2 Å². The van der Waals surface area contributed by atoms with Crippen LogP contribution >= 0.6 is 12.3 Å². The molecule has 8 amide bonds. The number of ether oxygens (including phenoxy) is 1. The van der Waals surface area contributed by atoms with Crippen molar-refractivity contribution in [3.63, 3.8) is 0 Å². The number of carbonyl (C=O) groups is 8. The molecular weight excluding hydrogens is 1270 g/mol. The van der Waals surface area contributed by atoms with Gasteiger partial charge in [0, 0.05) is 75.0 Å². The number of aromatic hydroxyl groups is 1. The Morgan fingerprint density at radius 1 is 0.734 bits per heavy atom. The van der Waals surface area contributed by atoms with E-state index in [2.05, 4.69) is 52.7 Å². The SMILES string of the molecule is CCCCCCCCOc1ccc(N2CCN(c3ccc(C(=O)NC4CC(O)C(O)NC(=O)C5C(O)C(C)CN5C(=O)C(C(O)CC(N)=O)NC(=O)C(C(O)C(O)c5ccc(O)c(OSOO[O-])c5)NC(=O)C5CC(O)CN5C(=O)C(C(C)O)NC4=O)cc3)CC2)cc1.[Na+]. The number of unbranched alkanes of at least 4 members (excludes halogenated alkanes) is 5. The molecule has 15 atom stereocenters. The van der Waals surface area contributed by atoms with E-state index in [0.717, 1.165) is 55.1 Å². The van der Waals surface area contributed by atoms with Crippen LogP contribution in [0.15, 0.2) is 66.7 Å². The number of anilines is 2. The summed E-state index contributed by atoms with van der Waals surface area (Å²) in [5.74, 6) is -11.8. The number of hydrogen-bond acceptors (Lipinski definition) is 25.